The van der Waals surface area contributed by atoms with E-state index >= 15 is 0 Å². The van der Waals surface area contributed by atoms with Gasteiger partial charge in [0, 0.05) is 16.6 Å². The molecule has 134 valence electrons. The fourth-order valence-electron chi connectivity index (χ4n) is 3.18. The number of carbonyl (C=O) groups excluding carboxylic acids is 1. The standard InChI is InChI=1S/C20H19BrN2O2S/c1-13-4-2-6-17-18(13)22-20(26-17)23(12-16-5-3-11-25-16)19(24)14-7-9-15(21)10-8-14/h2,4,6-10,16H,3,5,11-12H2,1H3. The summed E-state index contributed by atoms with van der Waals surface area (Å²) in [5.74, 6) is -0.0373. The summed E-state index contributed by atoms with van der Waals surface area (Å²) < 4.78 is 7.84. The number of aryl methyl sites for hydroxylation is 1. The van der Waals surface area contributed by atoms with Crippen molar-refractivity contribution in [2.75, 3.05) is 18.1 Å². The summed E-state index contributed by atoms with van der Waals surface area (Å²) in [6.45, 7) is 3.35. The van der Waals surface area contributed by atoms with E-state index in [2.05, 4.69) is 22.0 Å². The molecule has 4 nitrogen and oxygen atoms in total. The van der Waals surface area contributed by atoms with Gasteiger partial charge in [-0.1, -0.05) is 39.4 Å². The van der Waals surface area contributed by atoms with Crippen LogP contribution in [0.15, 0.2) is 46.9 Å². The van der Waals surface area contributed by atoms with Gasteiger partial charge in [0.05, 0.1) is 22.9 Å². The van der Waals surface area contributed by atoms with E-state index in [1.54, 1.807) is 16.2 Å². The first-order valence-corrected chi connectivity index (χ1v) is 10.3. The van der Waals surface area contributed by atoms with Crippen molar-refractivity contribution in [1.29, 1.82) is 0 Å². The Morgan fingerprint density at radius 1 is 1.31 bits per heavy atom. The van der Waals surface area contributed by atoms with Crippen molar-refractivity contribution in [3.8, 4) is 0 Å². The molecule has 3 aromatic rings. The summed E-state index contributed by atoms with van der Waals surface area (Å²) >= 11 is 4.98. The number of carbonyl (C=O) groups is 1. The molecule has 1 atom stereocenters. The molecule has 2 heterocycles. The quantitative estimate of drug-likeness (QED) is 0.571. The van der Waals surface area contributed by atoms with Crippen LogP contribution in [0.1, 0.15) is 28.8 Å². The lowest BCUT2D eigenvalue weighted by molar-refractivity contribution is 0.0917. The molecule has 1 unspecified atom stereocenters. The van der Waals surface area contributed by atoms with Crippen LogP contribution in [0.2, 0.25) is 0 Å². The predicted octanol–water partition coefficient (Wildman–Crippen LogP) is 5.19. The average molecular weight is 431 g/mol. The topological polar surface area (TPSA) is 42.4 Å². The molecule has 0 bridgehead atoms. The van der Waals surface area contributed by atoms with Gasteiger partial charge < -0.3 is 4.74 Å². The zero-order chi connectivity index (χ0) is 18.1. The Balaban J connectivity index is 1.72. The highest BCUT2D eigenvalue weighted by molar-refractivity contribution is 9.10. The SMILES string of the molecule is Cc1cccc2sc(N(CC3CCCO3)C(=O)c3ccc(Br)cc3)nc12. The van der Waals surface area contributed by atoms with E-state index in [9.17, 15) is 4.79 Å². The van der Waals surface area contributed by atoms with Gasteiger partial charge in [0.1, 0.15) is 0 Å². The van der Waals surface area contributed by atoms with Gasteiger partial charge in [-0.2, -0.15) is 0 Å². The molecule has 1 aliphatic heterocycles. The van der Waals surface area contributed by atoms with Crippen LogP contribution in [0, 0.1) is 6.92 Å². The largest absolute Gasteiger partial charge is 0.376 e. The molecule has 6 heteroatoms. The molecular formula is C20H19BrN2O2S. The monoisotopic (exact) mass is 430 g/mol. The Morgan fingerprint density at radius 3 is 2.81 bits per heavy atom. The number of rotatable bonds is 4. The number of aromatic nitrogens is 1. The zero-order valence-corrected chi connectivity index (χ0v) is 16.8. The van der Waals surface area contributed by atoms with Crippen molar-refractivity contribution in [3.05, 3.63) is 58.1 Å². The van der Waals surface area contributed by atoms with E-state index in [1.807, 2.05) is 43.3 Å². The Bertz CT molecular complexity index is 933. The highest BCUT2D eigenvalue weighted by Crippen LogP contribution is 2.32. The van der Waals surface area contributed by atoms with Gasteiger partial charge in [-0.05, 0) is 55.7 Å². The number of benzene rings is 2. The summed E-state index contributed by atoms with van der Waals surface area (Å²) in [6, 6.07) is 13.6. The van der Waals surface area contributed by atoms with Gasteiger partial charge in [-0.25, -0.2) is 4.98 Å². The fourth-order valence-corrected chi connectivity index (χ4v) is 4.49. The number of thiazole rings is 1. The van der Waals surface area contributed by atoms with E-state index in [0.29, 0.717) is 12.1 Å². The Morgan fingerprint density at radius 2 is 2.12 bits per heavy atom. The summed E-state index contributed by atoms with van der Waals surface area (Å²) in [5.41, 5.74) is 2.74. The van der Waals surface area contributed by atoms with Crippen LogP contribution in [-0.2, 0) is 4.74 Å². The summed E-state index contributed by atoms with van der Waals surface area (Å²) in [7, 11) is 0. The Hall–Kier alpha value is -1.76. The number of nitrogens with zero attached hydrogens (tertiary/aromatic N) is 2. The first-order valence-electron chi connectivity index (χ1n) is 8.67. The molecule has 26 heavy (non-hydrogen) atoms. The van der Waals surface area contributed by atoms with Crippen molar-refractivity contribution in [3.63, 3.8) is 0 Å². The number of amides is 1. The van der Waals surface area contributed by atoms with Gasteiger partial charge >= 0.3 is 0 Å². The first-order chi connectivity index (χ1) is 12.6. The smallest absolute Gasteiger partial charge is 0.260 e. The molecule has 0 spiro atoms. The van der Waals surface area contributed by atoms with Crippen LogP contribution in [0.5, 0.6) is 0 Å². The van der Waals surface area contributed by atoms with Crippen LogP contribution in [0.25, 0.3) is 10.2 Å². The summed E-state index contributed by atoms with van der Waals surface area (Å²) in [6.07, 6.45) is 2.10. The minimum Gasteiger partial charge on any atom is -0.376 e. The van der Waals surface area contributed by atoms with Crippen molar-refractivity contribution in [1.82, 2.24) is 4.98 Å². The minimum absolute atomic E-state index is 0.0373. The van der Waals surface area contributed by atoms with Crippen molar-refractivity contribution < 1.29 is 9.53 Å². The molecule has 1 saturated heterocycles. The fraction of sp³-hybridized carbons (Fsp3) is 0.300. The third-order valence-corrected chi connectivity index (χ3v) is 6.16. The second kappa shape index (κ2) is 7.47. The number of anilines is 1. The molecule has 4 rings (SSSR count). The lowest BCUT2D eigenvalue weighted by Crippen LogP contribution is -2.37. The molecule has 2 aromatic carbocycles. The molecule has 0 radical (unpaired) electrons. The zero-order valence-electron chi connectivity index (χ0n) is 14.4. The van der Waals surface area contributed by atoms with E-state index < -0.39 is 0 Å². The van der Waals surface area contributed by atoms with Gasteiger partial charge in [0.25, 0.3) is 5.91 Å². The number of halogens is 1. The molecule has 1 amide bonds. The van der Waals surface area contributed by atoms with Crippen LogP contribution in [-0.4, -0.2) is 30.1 Å². The normalized spacial score (nSPS) is 16.9. The number of para-hydroxylation sites is 1. The predicted molar refractivity (Wildman–Crippen MR) is 109 cm³/mol. The molecule has 1 fully saturated rings. The molecular weight excluding hydrogens is 412 g/mol. The van der Waals surface area contributed by atoms with Gasteiger partial charge in [-0.3, -0.25) is 9.69 Å². The maximum atomic E-state index is 13.2. The van der Waals surface area contributed by atoms with E-state index in [1.165, 1.54) is 0 Å². The second-order valence-corrected chi connectivity index (χ2v) is 8.40. The third-order valence-electron chi connectivity index (χ3n) is 4.59. The van der Waals surface area contributed by atoms with Crippen molar-refractivity contribution in [2.45, 2.75) is 25.9 Å². The maximum absolute atomic E-state index is 13.2. The number of hydrogen-bond acceptors (Lipinski definition) is 4. The van der Waals surface area contributed by atoms with Crippen molar-refractivity contribution in [2.24, 2.45) is 0 Å². The van der Waals surface area contributed by atoms with Crippen LogP contribution in [0.3, 0.4) is 0 Å². The Labute approximate surface area is 164 Å². The van der Waals surface area contributed by atoms with Crippen molar-refractivity contribution >= 4 is 48.5 Å². The van der Waals surface area contributed by atoms with Gasteiger partial charge in [0.2, 0.25) is 0 Å². The lowest BCUT2D eigenvalue weighted by atomic mass is 10.2. The Kier molecular flexibility index (Phi) is 5.07. The number of fused-ring (bicyclic) bond motifs is 1. The first kappa shape index (κ1) is 17.6. The minimum atomic E-state index is -0.0373. The highest BCUT2D eigenvalue weighted by atomic mass is 79.9. The molecule has 0 N–H and O–H groups in total. The van der Waals surface area contributed by atoms with Crippen LogP contribution in [0.4, 0.5) is 5.13 Å². The second-order valence-electron chi connectivity index (χ2n) is 6.48. The maximum Gasteiger partial charge on any atom is 0.260 e. The van der Waals surface area contributed by atoms with Crippen LogP contribution >= 0.6 is 27.3 Å². The number of ether oxygens (including phenoxy) is 1. The van der Waals surface area contributed by atoms with E-state index in [4.69, 9.17) is 9.72 Å². The third kappa shape index (κ3) is 3.54. The number of hydrogen-bond donors (Lipinski definition) is 0. The van der Waals surface area contributed by atoms with E-state index in [-0.39, 0.29) is 12.0 Å². The lowest BCUT2D eigenvalue weighted by Gasteiger charge is -2.23. The summed E-state index contributed by atoms with van der Waals surface area (Å²) in [5, 5.41) is 0.734. The average Bonchev–Trinajstić information content (AvgIpc) is 3.30. The summed E-state index contributed by atoms with van der Waals surface area (Å²) in [4.78, 5) is 19.8. The molecule has 0 saturated carbocycles. The van der Waals surface area contributed by atoms with E-state index in [0.717, 1.165) is 44.8 Å². The molecule has 1 aromatic heterocycles. The van der Waals surface area contributed by atoms with Gasteiger partial charge in [0.15, 0.2) is 5.13 Å². The molecule has 0 aliphatic carbocycles. The molecule has 1 aliphatic rings. The van der Waals surface area contributed by atoms with Crippen LogP contribution < -0.4 is 4.90 Å². The highest BCUT2D eigenvalue weighted by Gasteiger charge is 2.27. The van der Waals surface area contributed by atoms with Gasteiger partial charge in [-0.15, -0.1) is 0 Å².